The fourth-order valence-electron chi connectivity index (χ4n) is 1.29. The van der Waals surface area contributed by atoms with Crippen molar-refractivity contribution in [3.63, 3.8) is 0 Å². The zero-order valence-corrected chi connectivity index (χ0v) is 9.29. The van der Waals surface area contributed by atoms with Crippen LogP contribution in [0.3, 0.4) is 0 Å². The lowest BCUT2D eigenvalue weighted by atomic mass is 10.1. The van der Waals surface area contributed by atoms with Crippen molar-refractivity contribution >= 4 is 17.3 Å². The van der Waals surface area contributed by atoms with Gasteiger partial charge in [0.25, 0.3) is 0 Å². The lowest BCUT2D eigenvalue weighted by Gasteiger charge is -1.99. The summed E-state index contributed by atoms with van der Waals surface area (Å²) in [6.07, 6.45) is 3.01. The summed E-state index contributed by atoms with van der Waals surface area (Å²) in [5, 5.41) is 3.82. The number of hydrogen-bond acceptors (Lipinski definition) is 5. The molecule has 0 amide bonds. The van der Waals surface area contributed by atoms with Gasteiger partial charge in [-0.3, -0.25) is 9.78 Å². The molecule has 0 fully saturated rings. The van der Waals surface area contributed by atoms with Crippen LogP contribution in [-0.4, -0.2) is 20.4 Å². The minimum absolute atomic E-state index is 0.00995. The Morgan fingerprint density at radius 1 is 1.56 bits per heavy atom. The van der Waals surface area contributed by atoms with Crippen molar-refractivity contribution in [3.05, 3.63) is 40.4 Å². The first-order chi connectivity index (χ1) is 7.74. The van der Waals surface area contributed by atoms with E-state index in [0.717, 1.165) is 17.7 Å². The highest BCUT2D eigenvalue weighted by molar-refractivity contribution is 7.08. The topological polar surface area (TPSA) is 55.7 Å². The van der Waals surface area contributed by atoms with Crippen LogP contribution < -0.4 is 0 Å². The van der Waals surface area contributed by atoms with Crippen molar-refractivity contribution in [2.75, 3.05) is 0 Å². The van der Waals surface area contributed by atoms with Crippen LogP contribution >= 0.6 is 11.5 Å². The highest BCUT2D eigenvalue weighted by Crippen LogP contribution is 2.18. The number of halogens is 1. The van der Waals surface area contributed by atoms with Gasteiger partial charge in [0.2, 0.25) is 5.78 Å². The van der Waals surface area contributed by atoms with Crippen molar-refractivity contribution in [1.82, 2.24) is 14.6 Å². The number of carbonyl (C=O) groups excluding carboxylic acids is 1. The predicted molar refractivity (Wildman–Crippen MR) is 56.9 cm³/mol. The van der Waals surface area contributed by atoms with Gasteiger partial charge in [0.1, 0.15) is 4.88 Å². The van der Waals surface area contributed by atoms with Gasteiger partial charge in [-0.1, -0.05) is 11.4 Å². The van der Waals surface area contributed by atoms with Gasteiger partial charge < -0.3 is 0 Å². The third kappa shape index (κ3) is 1.83. The summed E-state index contributed by atoms with van der Waals surface area (Å²) >= 11 is 0.988. The highest BCUT2D eigenvalue weighted by atomic mass is 32.1. The van der Waals surface area contributed by atoms with Crippen molar-refractivity contribution in [3.8, 4) is 0 Å². The normalized spacial score (nSPS) is 10.4. The Kier molecular flexibility index (Phi) is 3.00. The molecule has 0 N–H and O–H groups in total. The van der Waals surface area contributed by atoms with Crippen LogP contribution in [0.1, 0.15) is 27.9 Å². The number of aromatic nitrogens is 3. The second kappa shape index (κ2) is 4.44. The standard InChI is InChI=1S/C10H8FN3OS/c1-2-8-10(16-14-13-8)9(15)6-3-4-12-5-7(6)11/h3-5H,2H2,1H3. The van der Waals surface area contributed by atoms with Crippen LogP contribution in [-0.2, 0) is 6.42 Å². The number of aryl methyl sites for hydroxylation is 1. The number of nitrogens with zero attached hydrogens (tertiary/aromatic N) is 3. The fraction of sp³-hybridized carbons (Fsp3) is 0.200. The Bertz CT molecular complexity index is 526. The van der Waals surface area contributed by atoms with Crippen molar-refractivity contribution in [1.29, 1.82) is 0 Å². The van der Waals surface area contributed by atoms with Crippen LogP contribution in [0.2, 0.25) is 0 Å². The molecule has 0 aliphatic rings. The quantitative estimate of drug-likeness (QED) is 0.765. The van der Waals surface area contributed by atoms with Gasteiger partial charge in [0.15, 0.2) is 5.82 Å². The summed E-state index contributed by atoms with van der Waals surface area (Å²) in [6, 6.07) is 1.36. The van der Waals surface area contributed by atoms with Crippen LogP contribution in [0, 0.1) is 5.82 Å². The molecule has 0 spiro atoms. The lowest BCUT2D eigenvalue weighted by molar-refractivity contribution is 0.103. The maximum absolute atomic E-state index is 13.3. The summed E-state index contributed by atoms with van der Waals surface area (Å²) in [5.41, 5.74) is 0.613. The number of hydrogen-bond donors (Lipinski definition) is 0. The second-order valence-electron chi connectivity index (χ2n) is 3.09. The third-order valence-corrected chi connectivity index (χ3v) is 2.88. The van der Waals surface area contributed by atoms with Crippen LogP contribution in [0.15, 0.2) is 18.5 Å². The minimum atomic E-state index is -0.622. The zero-order valence-electron chi connectivity index (χ0n) is 8.48. The molecule has 0 unspecified atom stereocenters. The van der Waals surface area contributed by atoms with Gasteiger partial charge in [-0.05, 0) is 24.0 Å². The number of carbonyl (C=O) groups is 1. The summed E-state index contributed by atoms with van der Waals surface area (Å²) in [6.45, 7) is 1.87. The minimum Gasteiger partial charge on any atom is -0.287 e. The van der Waals surface area contributed by atoms with Gasteiger partial charge in [-0.2, -0.15) is 0 Å². The molecule has 6 heteroatoms. The molecular weight excluding hydrogens is 229 g/mol. The SMILES string of the molecule is CCc1nnsc1C(=O)c1ccncc1F. The van der Waals surface area contributed by atoms with Crippen LogP contribution in [0.25, 0.3) is 0 Å². The maximum atomic E-state index is 13.3. The van der Waals surface area contributed by atoms with E-state index >= 15 is 0 Å². The van der Waals surface area contributed by atoms with E-state index in [-0.39, 0.29) is 11.3 Å². The zero-order chi connectivity index (χ0) is 11.5. The average Bonchev–Trinajstić information content (AvgIpc) is 2.77. The molecule has 0 saturated heterocycles. The molecule has 4 nitrogen and oxygen atoms in total. The van der Waals surface area contributed by atoms with E-state index < -0.39 is 5.82 Å². The molecule has 0 aromatic carbocycles. The van der Waals surface area contributed by atoms with E-state index in [1.54, 1.807) is 0 Å². The maximum Gasteiger partial charge on any atom is 0.209 e. The van der Waals surface area contributed by atoms with Gasteiger partial charge in [-0.15, -0.1) is 5.10 Å². The fourth-order valence-corrected chi connectivity index (χ4v) is 2.00. The predicted octanol–water partition coefficient (Wildman–Crippen LogP) is 1.87. The first-order valence-corrected chi connectivity index (χ1v) is 5.46. The van der Waals surface area contributed by atoms with E-state index in [4.69, 9.17) is 0 Å². The molecule has 2 heterocycles. The Balaban J connectivity index is 2.44. The van der Waals surface area contributed by atoms with Gasteiger partial charge in [0, 0.05) is 6.20 Å². The molecule has 16 heavy (non-hydrogen) atoms. The van der Waals surface area contributed by atoms with E-state index in [0.29, 0.717) is 17.0 Å². The Labute approximate surface area is 95.3 Å². The smallest absolute Gasteiger partial charge is 0.209 e. The molecule has 2 aromatic heterocycles. The Morgan fingerprint density at radius 2 is 2.38 bits per heavy atom. The van der Waals surface area contributed by atoms with Gasteiger partial charge in [-0.25, -0.2) is 4.39 Å². The first-order valence-electron chi connectivity index (χ1n) is 4.69. The molecule has 2 aromatic rings. The number of ketones is 1. The van der Waals surface area contributed by atoms with E-state index in [1.165, 1.54) is 12.3 Å². The molecule has 82 valence electrons. The monoisotopic (exact) mass is 237 g/mol. The summed E-state index contributed by atoms with van der Waals surface area (Å²) < 4.78 is 17.1. The molecule has 0 bridgehead atoms. The van der Waals surface area contributed by atoms with Gasteiger partial charge >= 0.3 is 0 Å². The molecule has 2 rings (SSSR count). The van der Waals surface area contributed by atoms with Crippen molar-refractivity contribution < 1.29 is 9.18 Å². The highest BCUT2D eigenvalue weighted by Gasteiger charge is 2.19. The largest absolute Gasteiger partial charge is 0.287 e. The molecule has 0 saturated carbocycles. The summed E-state index contributed by atoms with van der Waals surface area (Å²) in [7, 11) is 0. The van der Waals surface area contributed by atoms with Crippen molar-refractivity contribution in [2.24, 2.45) is 0 Å². The summed E-state index contributed by atoms with van der Waals surface area (Å²) in [4.78, 5) is 16.0. The van der Waals surface area contributed by atoms with Crippen LogP contribution in [0.5, 0.6) is 0 Å². The first kappa shape index (κ1) is 10.8. The van der Waals surface area contributed by atoms with Crippen molar-refractivity contribution in [2.45, 2.75) is 13.3 Å². The lowest BCUT2D eigenvalue weighted by Crippen LogP contribution is -2.05. The van der Waals surface area contributed by atoms with E-state index in [9.17, 15) is 9.18 Å². The Morgan fingerprint density at radius 3 is 3.06 bits per heavy atom. The average molecular weight is 237 g/mol. The van der Waals surface area contributed by atoms with E-state index in [2.05, 4.69) is 14.6 Å². The van der Waals surface area contributed by atoms with Crippen LogP contribution in [0.4, 0.5) is 4.39 Å². The van der Waals surface area contributed by atoms with E-state index in [1.807, 2.05) is 6.92 Å². The molecular formula is C10H8FN3OS. The van der Waals surface area contributed by atoms with Gasteiger partial charge in [0.05, 0.1) is 17.5 Å². The number of pyridine rings is 1. The Hall–Kier alpha value is -1.69. The third-order valence-electron chi connectivity index (χ3n) is 2.11. The summed E-state index contributed by atoms with van der Waals surface area (Å²) in [5.74, 6) is -1.00. The number of rotatable bonds is 3. The second-order valence-corrected chi connectivity index (χ2v) is 3.84. The molecule has 0 aliphatic heterocycles. The molecule has 0 radical (unpaired) electrons. The molecule has 0 aliphatic carbocycles. The molecule has 0 atom stereocenters.